The van der Waals surface area contributed by atoms with E-state index in [1.165, 1.54) is 0 Å². The Balaban J connectivity index is 1.24. The molecular weight excluding hydrogens is 693 g/mol. The molecule has 0 radical (unpaired) electrons. The summed E-state index contributed by atoms with van der Waals surface area (Å²) >= 11 is 0. The van der Waals surface area contributed by atoms with Crippen LogP contribution in [-0.2, 0) is 0 Å². The van der Waals surface area contributed by atoms with Gasteiger partial charge in [-0.2, -0.15) is 0 Å². The lowest BCUT2D eigenvalue weighted by Gasteiger charge is -2.15. The van der Waals surface area contributed by atoms with Gasteiger partial charge in [-0.3, -0.25) is 9.20 Å². The van der Waals surface area contributed by atoms with Crippen molar-refractivity contribution >= 4 is 38.2 Å². The van der Waals surface area contributed by atoms with Crippen LogP contribution in [0, 0.1) is 0 Å². The summed E-state index contributed by atoms with van der Waals surface area (Å²) in [6.07, 6.45) is 0. The quantitative estimate of drug-likeness (QED) is 0.171. The van der Waals surface area contributed by atoms with Gasteiger partial charge in [-0.05, 0) is 90.8 Å². The summed E-state index contributed by atoms with van der Waals surface area (Å²) in [4.78, 5) is 20.6. The van der Waals surface area contributed by atoms with Crippen LogP contribution in [-0.4, -0.2) is 9.38 Å². The van der Waals surface area contributed by atoms with Crippen molar-refractivity contribution in [3.8, 4) is 66.8 Å². The van der Waals surface area contributed by atoms with E-state index in [4.69, 9.17) is 4.98 Å². The zero-order chi connectivity index (χ0) is 37.9. The van der Waals surface area contributed by atoms with Gasteiger partial charge in [0, 0.05) is 21.7 Å². The van der Waals surface area contributed by atoms with Crippen LogP contribution in [0.4, 0.5) is 0 Å². The first-order valence-corrected chi connectivity index (χ1v) is 19.3. The van der Waals surface area contributed by atoms with Crippen molar-refractivity contribution < 1.29 is 0 Å². The minimum absolute atomic E-state index is 0.0742. The molecule has 57 heavy (non-hydrogen) atoms. The van der Waals surface area contributed by atoms with Crippen molar-refractivity contribution in [3.63, 3.8) is 0 Å². The molecule has 266 valence electrons. The third-order valence-electron chi connectivity index (χ3n) is 11.4. The van der Waals surface area contributed by atoms with E-state index in [1.54, 1.807) is 0 Å². The fourth-order valence-corrected chi connectivity index (χ4v) is 8.83. The molecule has 9 aromatic carbocycles. The largest absolute Gasteiger partial charge is 0.268 e. The summed E-state index contributed by atoms with van der Waals surface area (Å²) in [5.41, 5.74) is 15.3. The number of imidazole rings is 1. The number of pyridine rings is 1. The van der Waals surface area contributed by atoms with Crippen LogP contribution in [0.25, 0.3) is 105 Å². The van der Waals surface area contributed by atoms with Crippen LogP contribution < -0.4 is 5.56 Å². The van der Waals surface area contributed by atoms with Gasteiger partial charge in [0.05, 0.1) is 11.0 Å². The van der Waals surface area contributed by atoms with Gasteiger partial charge < -0.3 is 0 Å². The first-order chi connectivity index (χ1) is 28.2. The van der Waals surface area contributed by atoms with Crippen LogP contribution >= 0.6 is 0 Å². The molecule has 11 rings (SSSR count). The van der Waals surface area contributed by atoms with Crippen LogP contribution in [0.2, 0.25) is 0 Å². The van der Waals surface area contributed by atoms with Crippen LogP contribution in [0.1, 0.15) is 0 Å². The summed E-state index contributed by atoms with van der Waals surface area (Å²) in [6, 6.07) is 72.0. The molecule has 2 aromatic heterocycles. The number of aromatic nitrogens is 2. The molecule has 2 heterocycles. The number of rotatable bonds is 6. The monoisotopic (exact) mass is 726 g/mol. The third-order valence-corrected chi connectivity index (χ3v) is 11.4. The maximum atomic E-state index is 15.1. The van der Waals surface area contributed by atoms with Gasteiger partial charge in [-0.1, -0.05) is 182 Å². The molecule has 0 N–H and O–H groups in total. The summed E-state index contributed by atoms with van der Waals surface area (Å²) in [5, 5.41) is 3.60. The summed E-state index contributed by atoms with van der Waals surface area (Å²) < 4.78 is 1.85. The maximum Gasteiger partial charge on any atom is 0.264 e. The van der Waals surface area contributed by atoms with E-state index in [2.05, 4.69) is 176 Å². The highest BCUT2D eigenvalue weighted by atomic mass is 16.1. The second-order valence-electron chi connectivity index (χ2n) is 14.6. The highest BCUT2D eigenvalue weighted by Crippen LogP contribution is 2.44. The molecule has 0 saturated heterocycles. The van der Waals surface area contributed by atoms with Crippen molar-refractivity contribution in [2.45, 2.75) is 0 Å². The van der Waals surface area contributed by atoms with E-state index in [0.717, 1.165) is 94.0 Å². The van der Waals surface area contributed by atoms with Crippen LogP contribution in [0.15, 0.2) is 211 Å². The minimum atomic E-state index is -0.0742. The Kier molecular flexibility index (Phi) is 7.65. The van der Waals surface area contributed by atoms with Gasteiger partial charge in [0.2, 0.25) is 0 Å². The molecule has 3 nitrogen and oxygen atoms in total. The Morgan fingerprint density at radius 1 is 0.333 bits per heavy atom. The Morgan fingerprint density at radius 3 is 1.35 bits per heavy atom. The number of nitrogens with zero attached hydrogens (tertiary/aromatic N) is 2. The van der Waals surface area contributed by atoms with E-state index in [1.807, 2.05) is 34.7 Å². The van der Waals surface area contributed by atoms with Gasteiger partial charge in [0.15, 0.2) is 0 Å². The zero-order valence-electron chi connectivity index (χ0n) is 30.9. The van der Waals surface area contributed by atoms with Crippen molar-refractivity contribution in [3.05, 3.63) is 217 Å². The molecule has 0 aliphatic carbocycles. The van der Waals surface area contributed by atoms with Crippen molar-refractivity contribution in [1.82, 2.24) is 9.38 Å². The average molecular weight is 727 g/mol. The lowest BCUT2D eigenvalue weighted by atomic mass is 9.89. The second-order valence-corrected chi connectivity index (χ2v) is 14.6. The number of hydrogen-bond acceptors (Lipinski definition) is 2. The van der Waals surface area contributed by atoms with E-state index >= 15 is 4.79 Å². The standard InChI is InChI=1S/C54H34N2O/c57-54-48-30-16-29-46-45(43-27-14-12-24-40(43)36-19-6-2-7-20-36)31-32-47(51(46)48)53-55-52-49(44-28-15-13-25-41(44)37-21-8-3-9-22-37)33-38(34-50(52)56(53)54)42-26-11-10-23-39(42)35-17-4-1-5-18-35/h1-34H. The zero-order valence-corrected chi connectivity index (χ0v) is 30.9. The van der Waals surface area contributed by atoms with E-state index in [-0.39, 0.29) is 5.56 Å². The highest BCUT2D eigenvalue weighted by Gasteiger charge is 2.23. The van der Waals surface area contributed by atoms with Crippen molar-refractivity contribution in [1.29, 1.82) is 0 Å². The molecule has 11 aromatic rings. The Labute approximate surface area is 329 Å². The number of benzene rings is 9. The van der Waals surface area contributed by atoms with Crippen molar-refractivity contribution in [2.75, 3.05) is 0 Å². The van der Waals surface area contributed by atoms with E-state index in [9.17, 15) is 0 Å². The molecule has 0 atom stereocenters. The first kappa shape index (κ1) is 32.8. The van der Waals surface area contributed by atoms with Gasteiger partial charge in [-0.25, -0.2) is 4.98 Å². The summed E-state index contributed by atoms with van der Waals surface area (Å²) in [6.45, 7) is 0. The smallest absolute Gasteiger partial charge is 0.264 e. The average Bonchev–Trinajstić information content (AvgIpc) is 3.69. The summed E-state index contributed by atoms with van der Waals surface area (Å²) in [7, 11) is 0. The molecule has 0 saturated carbocycles. The molecule has 0 unspecified atom stereocenters. The molecule has 0 aliphatic rings. The van der Waals surface area contributed by atoms with Gasteiger partial charge in [0.25, 0.3) is 5.56 Å². The molecule has 0 aliphatic heterocycles. The topological polar surface area (TPSA) is 34.4 Å². The molecule has 0 spiro atoms. The lowest BCUT2D eigenvalue weighted by Crippen LogP contribution is -2.13. The number of hydrogen-bond donors (Lipinski definition) is 0. The third kappa shape index (κ3) is 5.28. The molecule has 0 fully saturated rings. The maximum absolute atomic E-state index is 15.1. The Hall–Kier alpha value is -7.62. The van der Waals surface area contributed by atoms with Gasteiger partial charge in [-0.15, -0.1) is 0 Å². The Bertz CT molecular complexity index is 3350. The molecule has 0 amide bonds. The molecule has 3 heteroatoms. The molecular formula is C54H34N2O. The van der Waals surface area contributed by atoms with Crippen LogP contribution in [0.5, 0.6) is 0 Å². The fraction of sp³-hybridized carbons (Fsp3) is 0. The predicted octanol–water partition coefficient (Wildman–Crippen LogP) is 13.6. The van der Waals surface area contributed by atoms with Crippen LogP contribution in [0.3, 0.4) is 0 Å². The summed E-state index contributed by atoms with van der Waals surface area (Å²) in [5.74, 6) is 0. The normalized spacial score (nSPS) is 11.6. The highest BCUT2D eigenvalue weighted by molar-refractivity contribution is 6.20. The van der Waals surface area contributed by atoms with Crippen molar-refractivity contribution in [2.24, 2.45) is 0 Å². The molecule has 0 bridgehead atoms. The number of fused-ring (bicyclic) bond motifs is 4. The van der Waals surface area contributed by atoms with E-state index < -0.39 is 0 Å². The lowest BCUT2D eigenvalue weighted by molar-refractivity contribution is 1.19. The van der Waals surface area contributed by atoms with Gasteiger partial charge >= 0.3 is 0 Å². The first-order valence-electron chi connectivity index (χ1n) is 19.3. The van der Waals surface area contributed by atoms with E-state index in [0.29, 0.717) is 11.0 Å². The second kappa shape index (κ2) is 13.3. The SMILES string of the molecule is O=c1c2cccc3c(-c4ccccc4-c4ccccc4)ccc(c32)c2nc3c(-c4ccccc4-c4ccccc4)cc(-c4ccccc4-c4ccccc4)cc3n12. The minimum Gasteiger partial charge on any atom is -0.268 e. The Morgan fingerprint density at radius 2 is 0.789 bits per heavy atom. The fourth-order valence-electron chi connectivity index (χ4n) is 8.83. The van der Waals surface area contributed by atoms with Gasteiger partial charge in [0.1, 0.15) is 5.65 Å². The predicted molar refractivity (Wildman–Crippen MR) is 238 cm³/mol.